The first kappa shape index (κ1) is 14.9. The average molecular weight is 302 g/mol. The van der Waals surface area contributed by atoms with Gasteiger partial charge in [-0.2, -0.15) is 0 Å². The van der Waals surface area contributed by atoms with E-state index in [9.17, 15) is 4.79 Å². The summed E-state index contributed by atoms with van der Waals surface area (Å²) >= 11 is 0. The number of fused-ring (bicyclic) bond motifs is 1. The summed E-state index contributed by atoms with van der Waals surface area (Å²) in [6.45, 7) is 6.17. The molecular formula is C16H22N4O2. The second-order valence-corrected chi connectivity index (χ2v) is 6.04. The fourth-order valence-electron chi connectivity index (χ4n) is 2.77. The maximum Gasteiger partial charge on any atom is 0.260 e. The molecule has 0 spiro atoms. The van der Waals surface area contributed by atoms with Gasteiger partial charge in [-0.05, 0) is 30.6 Å². The van der Waals surface area contributed by atoms with Gasteiger partial charge in [0.1, 0.15) is 0 Å². The minimum atomic E-state index is -0.0868. The molecule has 3 heterocycles. The molecule has 22 heavy (non-hydrogen) atoms. The van der Waals surface area contributed by atoms with Crippen LogP contribution in [0.3, 0.4) is 0 Å². The van der Waals surface area contributed by atoms with Crippen LogP contribution < -0.4 is 16.3 Å². The third-order valence-corrected chi connectivity index (χ3v) is 4.16. The molecule has 3 aliphatic rings. The van der Waals surface area contributed by atoms with Crippen molar-refractivity contribution >= 4 is 5.91 Å². The number of hydrazine groups is 2. The van der Waals surface area contributed by atoms with Crippen molar-refractivity contribution in [2.24, 2.45) is 5.92 Å². The number of methoxy groups -OCH3 is 1. The summed E-state index contributed by atoms with van der Waals surface area (Å²) in [6.07, 6.45) is 8.12. The van der Waals surface area contributed by atoms with E-state index in [0.717, 1.165) is 17.2 Å². The summed E-state index contributed by atoms with van der Waals surface area (Å²) in [5.74, 6) is 1.14. The predicted octanol–water partition coefficient (Wildman–Crippen LogP) is 1.09. The van der Waals surface area contributed by atoms with Crippen LogP contribution in [0.25, 0.3) is 0 Å². The molecule has 0 bridgehead atoms. The highest BCUT2D eigenvalue weighted by atomic mass is 16.5. The molecule has 6 nitrogen and oxygen atoms in total. The lowest BCUT2D eigenvalue weighted by atomic mass is 9.96. The quantitative estimate of drug-likeness (QED) is 0.728. The standard InChI is InChI=1S/C16H22N4O2/c1-9(2)12-8-14-11(5-6-15(22-4)20(14)19-12)13-7-10(3)16(21)18-17-13/h5-9,12-13,17,19H,1-4H3,(H,18,21). The SMILES string of the molecule is COC1=CC=C(C2C=C(C)C(=O)NN2)C2=CC(C(C)C)NN12. The lowest BCUT2D eigenvalue weighted by Gasteiger charge is -2.32. The first-order valence-corrected chi connectivity index (χ1v) is 7.50. The maximum absolute atomic E-state index is 11.6. The topological polar surface area (TPSA) is 65.6 Å². The van der Waals surface area contributed by atoms with Gasteiger partial charge in [0.05, 0.1) is 18.8 Å². The summed E-state index contributed by atoms with van der Waals surface area (Å²) in [4.78, 5) is 11.6. The molecular weight excluding hydrogens is 280 g/mol. The van der Waals surface area contributed by atoms with Crippen LogP contribution in [0.15, 0.2) is 47.0 Å². The van der Waals surface area contributed by atoms with Gasteiger partial charge in [0.15, 0.2) is 0 Å². The van der Waals surface area contributed by atoms with E-state index in [1.54, 1.807) is 7.11 Å². The molecule has 1 amide bonds. The zero-order valence-electron chi connectivity index (χ0n) is 13.3. The summed E-state index contributed by atoms with van der Waals surface area (Å²) in [7, 11) is 1.66. The molecule has 0 aromatic rings. The van der Waals surface area contributed by atoms with Crippen molar-refractivity contribution in [1.29, 1.82) is 0 Å². The molecule has 0 saturated heterocycles. The number of carbonyl (C=O) groups is 1. The van der Waals surface area contributed by atoms with Crippen LogP contribution in [0.5, 0.6) is 0 Å². The Morgan fingerprint density at radius 1 is 1.27 bits per heavy atom. The van der Waals surface area contributed by atoms with E-state index in [4.69, 9.17) is 4.74 Å². The average Bonchev–Trinajstić information content (AvgIpc) is 2.94. The molecule has 0 saturated carbocycles. The van der Waals surface area contributed by atoms with Gasteiger partial charge in [-0.1, -0.05) is 19.9 Å². The molecule has 0 aliphatic carbocycles. The first-order valence-electron chi connectivity index (χ1n) is 7.50. The molecule has 3 rings (SSSR count). The third-order valence-electron chi connectivity index (χ3n) is 4.16. The molecule has 3 N–H and O–H groups in total. The van der Waals surface area contributed by atoms with Crippen molar-refractivity contribution in [3.63, 3.8) is 0 Å². The number of nitrogens with zero attached hydrogens (tertiary/aromatic N) is 1. The Labute approximate surface area is 130 Å². The number of amides is 1. The highest BCUT2D eigenvalue weighted by molar-refractivity contribution is 5.93. The lowest BCUT2D eigenvalue weighted by Crippen LogP contribution is -2.50. The number of nitrogens with one attached hydrogen (secondary N) is 3. The van der Waals surface area contributed by atoms with Gasteiger partial charge in [-0.25, -0.2) is 15.9 Å². The summed E-state index contributed by atoms with van der Waals surface area (Å²) in [5, 5.41) is 1.97. The van der Waals surface area contributed by atoms with Gasteiger partial charge in [-0.3, -0.25) is 10.2 Å². The van der Waals surface area contributed by atoms with E-state index in [1.165, 1.54) is 0 Å². The number of allylic oxidation sites excluding steroid dienone is 2. The predicted molar refractivity (Wildman–Crippen MR) is 83.7 cm³/mol. The molecule has 118 valence electrons. The van der Waals surface area contributed by atoms with E-state index in [-0.39, 0.29) is 18.0 Å². The smallest absolute Gasteiger partial charge is 0.260 e. The molecule has 0 radical (unpaired) electrons. The zero-order chi connectivity index (χ0) is 15.9. The van der Waals surface area contributed by atoms with Crippen molar-refractivity contribution in [3.05, 3.63) is 47.0 Å². The Bertz CT molecular complexity index is 616. The molecule has 0 aromatic carbocycles. The van der Waals surface area contributed by atoms with E-state index in [2.05, 4.69) is 36.2 Å². The Hall–Kier alpha value is -2.05. The second kappa shape index (κ2) is 5.62. The molecule has 6 heteroatoms. The number of hydrogen-bond donors (Lipinski definition) is 3. The van der Waals surface area contributed by atoms with Crippen LogP contribution in [0.1, 0.15) is 20.8 Å². The van der Waals surface area contributed by atoms with E-state index in [1.807, 2.05) is 30.2 Å². The van der Waals surface area contributed by atoms with Crippen molar-refractivity contribution < 1.29 is 9.53 Å². The molecule has 3 aliphatic heterocycles. The highest BCUT2D eigenvalue weighted by Gasteiger charge is 2.34. The summed E-state index contributed by atoms with van der Waals surface area (Å²) in [5.41, 5.74) is 12.1. The van der Waals surface area contributed by atoms with Gasteiger partial charge in [0, 0.05) is 17.7 Å². The van der Waals surface area contributed by atoms with Gasteiger partial charge in [0.2, 0.25) is 5.88 Å². The maximum atomic E-state index is 11.6. The van der Waals surface area contributed by atoms with Gasteiger partial charge >= 0.3 is 0 Å². The lowest BCUT2D eigenvalue weighted by molar-refractivity contribution is -0.118. The van der Waals surface area contributed by atoms with Crippen LogP contribution >= 0.6 is 0 Å². The van der Waals surface area contributed by atoms with Gasteiger partial charge < -0.3 is 4.74 Å². The van der Waals surface area contributed by atoms with Crippen LogP contribution in [-0.2, 0) is 9.53 Å². The van der Waals surface area contributed by atoms with Crippen molar-refractivity contribution in [3.8, 4) is 0 Å². The largest absolute Gasteiger partial charge is 0.481 e. The van der Waals surface area contributed by atoms with Gasteiger partial charge in [-0.15, -0.1) is 0 Å². The van der Waals surface area contributed by atoms with Gasteiger partial charge in [0.25, 0.3) is 5.91 Å². The third kappa shape index (κ3) is 2.44. The van der Waals surface area contributed by atoms with Crippen LogP contribution in [0.2, 0.25) is 0 Å². The van der Waals surface area contributed by atoms with Crippen molar-refractivity contribution in [1.82, 2.24) is 21.3 Å². The van der Waals surface area contributed by atoms with Crippen molar-refractivity contribution in [2.75, 3.05) is 7.11 Å². The molecule has 2 unspecified atom stereocenters. The second-order valence-electron chi connectivity index (χ2n) is 6.04. The monoisotopic (exact) mass is 302 g/mol. The van der Waals surface area contributed by atoms with Crippen molar-refractivity contribution in [2.45, 2.75) is 32.9 Å². The highest BCUT2D eigenvalue weighted by Crippen LogP contribution is 2.33. The van der Waals surface area contributed by atoms with E-state index >= 15 is 0 Å². The minimum absolute atomic E-state index is 0.0613. The Kier molecular flexibility index (Phi) is 3.80. The Morgan fingerprint density at radius 3 is 2.68 bits per heavy atom. The summed E-state index contributed by atoms with van der Waals surface area (Å²) in [6, 6.07) is 0.187. The van der Waals surface area contributed by atoms with Crippen LogP contribution in [0.4, 0.5) is 0 Å². The van der Waals surface area contributed by atoms with Crippen LogP contribution in [-0.4, -0.2) is 30.1 Å². The van der Waals surface area contributed by atoms with E-state index in [0.29, 0.717) is 11.5 Å². The molecule has 0 aromatic heterocycles. The summed E-state index contributed by atoms with van der Waals surface area (Å²) < 4.78 is 5.44. The molecule has 0 fully saturated rings. The minimum Gasteiger partial charge on any atom is -0.481 e. The number of carbonyl (C=O) groups excluding carboxylic acids is 1. The Balaban J connectivity index is 1.96. The molecule has 2 atom stereocenters. The van der Waals surface area contributed by atoms with Crippen LogP contribution in [0, 0.1) is 5.92 Å². The number of rotatable bonds is 3. The number of hydrogen-bond acceptors (Lipinski definition) is 5. The zero-order valence-corrected chi connectivity index (χ0v) is 13.3. The van der Waals surface area contributed by atoms with E-state index < -0.39 is 0 Å². The first-order chi connectivity index (χ1) is 10.5. The number of ether oxygens (including phenoxy) is 1. The fourth-order valence-corrected chi connectivity index (χ4v) is 2.77. The fraction of sp³-hybridized carbons (Fsp3) is 0.438. The normalized spacial score (nSPS) is 27.7. The Morgan fingerprint density at radius 2 is 2.05 bits per heavy atom.